The van der Waals surface area contributed by atoms with Crippen LogP contribution < -0.4 is 9.47 Å². The summed E-state index contributed by atoms with van der Waals surface area (Å²) >= 11 is 9.28. The largest absolute Gasteiger partial charge is 0.496 e. The highest BCUT2D eigenvalue weighted by Crippen LogP contribution is 2.46. The molecule has 1 heterocycles. The summed E-state index contributed by atoms with van der Waals surface area (Å²) in [5, 5.41) is 9.36. The average molecular weight is 362 g/mol. The molecule has 5 nitrogen and oxygen atoms in total. The third-order valence-corrected chi connectivity index (χ3v) is 3.55. The van der Waals surface area contributed by atoms with Gasteiger partial charge in [-0.2, -0.15) is 0 Å². The van der Waals surface area contributed by atoms with Gasteiger partial charge in [0.1, 0.15) is 11.5 Å². The molecule has 0 aliphatic rings. The topological polar surface area (TPSA) is 68.9 Å². The smallest absolute Gasteiger partial charge is 0.371 e. The molecule has 0 saturated heterocycles. The van der Waals surface area contributed by atoms with Gasteiger partial charge in [-0.15, -0.1) is 0 Å². The van der Waals surface area contributed by atoms with E-state index in [1.807, 2.05) is 0 Å². The molecule has 20 heavy (non-hydrogen) atoms. The molecule has 0 radical (unpaired) electrons. The third-order valence-electron chi connectivity index (χ3n) is 2.66. The van der Waals surface area contributed by atoms with E-state index in [0.717, 1.165) is 0 Å². The first-order chi connectivity index (χ1) is 9.49. The zero-order valence-electron chi connectivity index (χ0n) is 10.6. The van der Waals surface area contributed by atoms with E-state index in [1.165, 1.54) is 20.3 Å². The molecular weight excluding hydrogens is 351 g/mol. The number of carboxylic acid groups (broad SMARTS) is 1. The standard InChI is InChI=1S/C13H10BrClO5/c1-18-8-4-3-7(15)11(19-2)10(8)6-5-9(13(16)17)20-12(6)14/h3-5H,1-2H3,(H,16,17). The van der Waals surface area contributed by atoms with Gasteiger partial charge in [0.05, 0.1) is 24.8 Å². The maximum atomic E-state index is 11.0. The molecule has 0 aliphatic carbocycles. The Kier molecular flexibility index (Phi) is 4.25. The molecule has 0 fully saturated rings. The van der Waals surface area contributed by atoms with Gasteiger partial charge in [-0.1, -0.05) is 11.6 Å². The van der Waals surface area contributed by atoms with Crippen molar-refractivity contribution in [3.63, 3.8) is 0 Å². The second-order valence-corrected chi connectivity index (χ2v) is 4.89. The quantitative estimate of drug-likeness (QED) is 0.888. The number of hydrogen-bond acceptors (Lipinski definition) is 4. The van der Waals surface area contributed by atoms with Crippen LogP contribution in [0.3, 0.4) is 0 Å². The predicted octanol–water partition coefficient (Wildman–Crippen LogP) is 4.08. The Balaban J connectivity index is 2.73. The van der Waals surface area contributed by atoms with Crippen LogP contribution in [0.4, 0.5) is 0 Å². The molecule has 1 N–H and O–H groups in total. The summed E-state index contributed by atoms with van der Waals surface area (Å²) in [5.74, 6) is -0.498. The van der Waals surface area contributed by atoms with Crippen LogP contribution in [-0.4, -0.2) is 25.3 Å². The van der Waals surface area contributed by atoms with E-state index in [-0.39, 0.29) is 10.4 Å². The van der Waals surface area contributed by atoms with Crippen molar-refractivity contribution in [1.29, 1.82) is 0 Å². The van der Waals surface area contributed by atoms with Gasteiger partial charge < -0.3 is 19.0 Å². The summed E-state index contributed by atoms with van der Waals surface area (Å²) in [4.78, 5) is 11.0. The maximum absolute atomic E-state index is 11.0. The molecular formula is C13H10BrClO5. The molecule has 1 aromatic heterocycles. The van der Waals surface area contributed by atoms with Crippen molar-refractivity contribution in [1.82, 2.24) is 0 Å². The van der Waals surface area contributed by atoms with Crippen molar-refractivity contribution < 1.29 is 23.8 Å². The molecule has 0 saturated carbocycles. The monoisotopic (exact) mass is 360 g/mol. The van der Waals surface area contributed by atoms with E-state index >= 15 is 0 Å². The van der Waals surface area contributed by atoms with Crippen molar-refractivity contribution in [2.75, 3.05) is 14.2 Å². The zero-order chi connectivity index (χ0) is 14.9. The molecule has 2 aromatic rings. The molecule has 0 atom stereocenters. The van der Waals surface area contributed by atoms with Crippen molar-refractivity contribution in [2.24, 2.45) is 0 Å². The Labute approximate surface area is 128 Å². The second kappa shape index (κ2) is 5.76. The molecule has 0 amide bonds. The van der Waals surface area contributed by atoms with E-state index in [4.69, 9.17) is 30.6 Å². The summed E-state index contributed by atoms with van der Waals surface area (Å²) in [5.41, 5.74) is 1.00. The lowest BCUT2D eigenvalue weighted by Crippen LogP contribution is -1.94. The normalized spacial score (nSPS) is 10.4. The van der Waals surface area contributed by atoms with Gasteiger partial charge in [0.15, 0.2) is 4.67 Å². The average Bonchev–Trinajstić information content (AvgIpc) is 2.80. The second-order valence-electron chi connectivity index (χ2n) is 3.76. The van der Waals surface area contributed by atoms with Gasteiger partial charge >= 0.3 is 5.97 Å². The van der Waals surface area contributed by atoms with Gasteiger partial charge in [-0.05, 0) is 28.1 Å². The first kappa shape index (κ1) is 14.7. The van der Waals surface area contributed by atoms with E-state index in [2.05, 4.69) is 15.9 Å². The highest BCUT2D eigenvalue weighted by molar-refractivity contribution is 9.10. The maximum Gasteiger partial charge on any atom is 0.371 e. The van der Waals surface area contributed by atoms with E-state index in [0.29, 0.717) is 27.6 Å². The summed E-state index contributed by atoms with van der Waals surface area (Å²) in [7, 11) is 2.97. The van der Waals surface area contributed by atoms with Crippen LogP contribution in [0.15, 0.2) is 27.3 Å². The number of benzene rings is 1. The highest BCUT2D eigenvalue weighted by atomic mass is 79.9. The van der Waals surface area contributed by atoms with Gasteiger partial charge in [-0.25, -0.2) is 4.79 Å². The molecule has 2 rings (SSSR count). The molecule has 1 aromatic carbocycles. The van der Waals surface area contributed by atoms with E-state index in [1.54, 1.807) is 12.1 Å². The molecule has 0 bridgehead atoms. The molecule has 0 unspecified atom stereocenters. The minimum Gasteiger partial charge on any atom is -0.496 e. The highest BCUT2D eigenvalue weighted by Gasteiger charge is 2.23. The van der Waals surface area contributed by atoms with Crippen molar-refractivity contribution >= 4 is 33.5 Å². The summed E-state index contributed by atoms with van der Waals surface area (Å²) in [6, 6.07) is 4.68. The van der Waals surface area contributed by atoms with Crippen LogP contribution in [-0.2, 0) is 0 Å². The Bertz CT molecular complexity index is 665. The van der Waals surface area contributed by atoms with Gasteiger partial charge in [0.2, 0.25) is 5.76 Å². The van der Waals surface area contributed by atoms with Crippen molar-refractivity contribution in [3.05, 3.63) is 33.7 Å². The number of ether oxygens (including phenoxy) is 2. The lowest BCUT2D eigenvalue weighted by Gasteiger charge is -2.13. The number of carbonyl (C=O) groups is 1. The fourth-order valence-corrected chi connectivity index (χ4v) is 2.53. The molecule has 0 aliphatic heterocycles. The van der Waals surface area contributed by atoms with E-state index in [9.17, 15) is 4.79 Å². The number of furan rings is 1. The number of halogens is 2. The Hall–Kier alpha value is -1.66. The molecule has 7 heteroatoms. The molecule has 106 valence electrons. The minimum absolute atomic E-state index is 0.198. The number of rotatable bonds is 4. The summed E-state index contributed by atoms with van der Waals surface area (Å²) < 4.78 is 15.9. The Morgan fingerprint density at radius 3 is 2.55 bits per heavy atom. The Morgan fingerprint density at radius 1 is 1.35 bits per heavy atom. The number of carboxylic acids is 1. The fourth-order valence-electron chi connectivity index (χ4n) is 1.81. The first-order valence-electron chi connectivity index (χ1n) is 5.43. The molecule has 0 spiro atoms. The van der Waals surface area contributed by atoms with Crippen LogP contribution in [0.2, 0.25) is 5.02 Å². The van der Waals surface area contributed by atoms with Crippen LogP contribution in [0.5, 0.6) is 11.5 Å². The predicted molar refractivity (Wildman–Crippen MR) is 76.9 cm³/mol. The number of hydrogen-bond donors (Lipinski definition) is 1. The Morgan fingerprint density at radius 2 is 2.05 bits per heavy atom. The van der Waals surface area contributed by atoms with Gasteiger partial charge in [0, 0.05) is 11.6 Å². The summed E-state index contributed by atoms with van der Waals surface area (Å²) in [6.45, 7) is 0. The van der Waals surface area contributed by atoms with Crippen molar-refractivity contribution in [2.45, 2.75) is 0 Å². The van der Waals surface area contributed by atoms with Crippen LogP contribution in [0.1, 0.15) is 10.6 Å². The van der Waals surface area contributed by atoms with Gasteiger partial charge in [-0.3, -0.25) is 0 Å². The van der Waals surface area contributed by atoms with Crippen molar-refractivity contribution in [3.8, 4) is 22.6 Å². The van der Waals surface area contributed by atoms with Crippen LogP contribution >= 0.6 is 27.5 Å². The number of methoxy groups -OCH3 is 2. The minimum atomic E-state index is -1.17. The fraction of sp³-hybridized carbons (Fsp3) is 0.154. The lowest BCUT2D eigenvalue weighted by atomic mass is 10.1. The first-order valence-corrected chi connectivity index (χ1v) is 6.60. The zero-order valence-corrected chi connectivity index (χ0v) is 12.9. The lowest BCUT2D eigenvalue weighted by molar-refractivity contribution is 0.0661. The van der Waals surface area contributed by atoms with E-state index < -0.39 is 5.97 Å². The van der Waals surface area contributed by atoms with Crippen LogP contribution in [0.25, 0.3) is 11.1 Å². The van der Waals surface area contributed by atoms with Crippen LogP contribution in [0, 0.1) is 0 Å². The summed E-state index contributed by atoms with van der Waals surface area (Å²) in [6.07, 6.45) is 0. The SMILES string of the molecule is COc1ccc(Cl)c(OC)c1-c1cc(C(=O)O)oc1Br. The third kappa shape index (κ3) is 2.48. The number of aromatic carboxylic acids is 1. The van der Waals surface area contributed by atoms with Gasteiger partial charge in [0.25, 0.3) is 0 Å².